The number of hydrogen-bond donors (Lipinski definition) is 1. The molecular formula is C18H25NO. The standard InChI is InChI=1S/C18H25NO/c1-18(2)11-5-12-19(15-18)14-17-9-7-16(8-10-17)6-3-4-13-20/h7-10,20H,4-5,11-15H2,1-2H3. The van der Waals surface area contributed by atoms with Gasteiger partial charge in [-0.25, -0.2) is 0 Å². The number of aliphatic hydroxyl groups is 1. The highest BCUT2D eigenvalue weighted by atomic mass is 16.2. The van der Waals surface area contributed by atoms with Gasteiger partial charge in [-0.3, -0.25) is 4.90 Å². The van der Waals surface area contributed by atoms with Crippen LogP contribution in [0.15, 0.2) is 24.3 Å². The number of hydrogen-bond acceptors (Lipinski definition) is 2. The highest BCUT2D eigenvalue weighted by molar-refractivity contribution is 5.36. The van der Waals surface area contributed by atoms with Crippen LogP contribution in [0.3, 0.4) is 0 Å². The molecule has 1 aromatic rings. The van der Waals surface area contributed by atoms with Gasteiger partial charge in [0.25, 0.3) is 0 Å². The number of rotatable bonds is 3. The summed E-state index contributed by atoms with van der Waals surface area (Å²) in [5.74, 6) is 6.02. The fraction of sp³-hybridized carbons (Fsp3) is 0.556. The lowest BCUT2D eigenvalue weighted by molar-refractivity contribution is 0.111. The topological polar surface area (TPSA) is 23.5 Å². The van der Waals surface area contributed by atoms with Crippen molar-refractivity contribution in [3.05, 3.63) is 35.4 Å². The first-order chi connectivity index (χ1) is 9.59. The fourth-order valence-corrected chi connectivity index (χ4v) is 2.85. The maximum absolute atomic E-state index is 8.70. The number of piperidine rings is 1. The molecule has 0 atom stereocenters. The van der Waals surface area contributed by atoms with E-state index >= 15 is 0 Å². The van der Waals surface area contributed by atoms with Crippen molar-refractivity contribution in [2.24, 2.45) is 5.41 Å². The summed E-state index contributed by atoms with van der Waals surface area (Å²) in [4.78, 5) is 2.55. The molecule has 0 saturated carbocycles. The van der Waals surface area contributed by atoms with Crippen LogP contribution in [0.1, 0.15) is 44.2 Å². The van der Waals surface area contributed by atoms with Gasteiger partial charge in [-0.05, 0) is 42.5 Å². The van der Waals surface area contributed by atoms with Gasteiger partial charge in [0.05, 0.1) is 6.61 Å². The third-order valence-electron chi connectivity index (χ3n) is 3.81. The lowest BCUT2D eigenvalue weighted by atomic mass is 9.84. The normalized spacial score (nSPS) is 18.4. The van der Waals surface area contributed by atoms with Crippen LogP contribution in [-0.2, 0) is 6.54 Å². The van der Waals surface area contributed by atoms with E-state index in [1.165, 1.54) is 31.5 Å². The van der Waals surface area contributed by atoms with Crippen LogP contribution in [0.25, 0.3) is 0 Å². The summed E-state index contributed by atoms with van der Waals surface area (Å²) in [5, 5.41) is 8.70. The molecule has 2 nitrogen and oxygen atoms in total. The van der Waals surface area contributed by atoms with Gasteiger partial charge in [0, 0.05) is 25.1 Å². The van der Waals surface area contributed by atoms with Crippen LogP contribution < -0.4 is 0 Å². The molecule has 1 heterocycles. The number of nitrogens with zero attached hydrogens (tertiary/aromatic N) is 1. The summed E-state index contributed by atoms with van der Waals surface area (Å²) in [6.07, 6.45) is 3.19. The van der Waals surface area contributed by atoms with E-state index in [4.69, 9.17) is 5.11 Å². The quantitative estimate of drug-likeness (QED) is 0.854. The Morgan fingerprint density at radius 3 is 2.65 bits per heavy atom. The Bertz CT molecular complexity index is 478. The molecular weight excluding hydrogens is 246 g/mol. The second kappa shape index (κ2) is 6.92. The zero-order valence-electron chi connectivity index (χ0n) is 12.7. The lowest BCUT2D eigenvalue weighted by Gasteiger charge is -2.38. The lowest BCUT2D eigenvalue weighted by Crippen LogP contribution is -2.39. The van der Waals surface area contributed by atoms with Crippen molar-refractivity contribution < 1.29 is 5.11 Å². The number of benzene rings is 1. The highest BCUT2D eigenvalue weighted by Crippen LogP contribution is 2.29. The first kappa shape index (κ1) is 15.1. The average molecular weight is 271 g/mol. The molecule has 0 spiro atoms. The van der Waals surface area contributed by atoms with Gasteiger partial charge in [-0.2, -0.15) is 0 Å². The summed E-state index contributed by atoms with van der Waals surface area (Å²) < 4.78 is 0. The molecule has 0 aliphatic carbocycles. The SMILES string of the molecule is CC1(C)CCCN(Cc2ccc(C#CCCO)cc2)C1. The minimum Gasteiger partial charge on any atom is -0.395 e. The van der Waals surface area contributed by atoms with E-state index in [9.17, 15) is 0 Å². The van der Waals surface area contributed by atoms with E-state index in [-0.39, 0.29) is 6.61 Å². The minimum absolute atomic E-state index is 0.135. The molecule has 2 heteroatoms. The third-order valence-corrected chi connectivity index (χ3v) is 3.81. The van der Waals surface area contributed by atoms with Crippen LogP contribution >= 0.6 is 0 Å². The zero-order valence-corrected chi connectivity index (χ0v) is 12.7. The molecule has 1 saturated heterocycles. The van der Waals surface area contributed by atoms with Gasteiger partial charge < -0.3 is 5.11 Å². The van der Waals surface area contributed by atoms with Crippen molar-refractivity contribution >= 4 is 0 Å². The van der Waals surface area contributed by atoms with Gasteiger partial charge >= 0.3 is 0 Å². The maximum atomic E-state index is 8.70. The Hall–Kier alpha value is -1.30. The minimum atomic E-state index is 0.135. The molecule has 1 aromatic carbocycles. The van der Waals surface area contributed by atoms with Crippen LogP contribution in [0, 0.1) is 17.3 Å². The number of aliphatic hydroxyl groups excluding tert-OH is 1. The molecule has 108 valence electrons. The summed E-state index contributed by atoms with van der Waals surface area (Å²) >= 11 is 0. The van der Waals surface area contributed by atoms with Crippen LogP contribution in [0.5, 0.6) is 0 Å². The molecule has 0 unspecified atom stereocenters. The number of likely N-dealkylation sites (tertiary alicyclic amines) is 1. The van der Waals surface area contributed by atoms with Crippen molar-refractivity contribution in [1.29, 1.82) is 0 Å². The fourth-order valence-electron chi connectivity index (χ4n) is 2.85. The predicted octanol–water partition coefficient (Wildman–Crippen LogP) is 3.04. The molecule has 1 N–H and O–H groups in total. The van der Waals surface area contributed by atoms with Crippen molar-refractivity contribution in [1.82, 2.24) is 4.90 Å². The summed E-state index contributed by atoms with van der Waals surface area (Å²) in [7, 11) is 0. The highest BCUT2D eigenvalue weighted by Gasteiger charge is 2.25. The van der Waals surface area contributed by atoms with Crippen LogP contribution in [-0.4, -0.2) is 29.7 Å². The van der Waals surface area contributed by atoms with Gasteiger partial charge in [0.15, 0.2) is 0 Å². The Balaban J connectivity index is 1.92. The van der Waals surface area contributed by atoms with Gasteiger partial charge in [0.1, 0.15) is 0 Å². The zero-order chi connectivity index (χ0) is 14.4. The van der Waals surface area contributed by atoms with Crippen molar-refractivity contribution in [3.8, 4) is 11.8 Å². The van der Waals surface area contributed by atoms with Crippen LogP contribution in [0.2, 0.25) is 0 Å². The average Bonchev–Trinajstić information content (AvgIpc) is 2.40. The Morgan fingerprint density at radius 2 is 2.00 bits per heavy atom. The molecule has 0 aromatic heterocycles. The summed E-state index contributed by atoms with van der Waals surface area (Å²) in [5.41, 5.74) is 2.84. The molecule has 1 aliphatic heterocycles. The third kappa shape index (κ3) is 4.67. The first-order valence-corrected chi connectivity index (χ1v) is 7.50. The first-order valence-electron chi connectivity index (χ1n) is 7.50. The van der Waals surface area contributed by atoms with Gasteiger partial charge in [0.2, 0.25) is 0 Å². The molecule has 1 fully saturated rings. The Morgan fingerprint density at radius 1 is 1.25 bits per heavy atom. The van der Waals surface area contributed by atoms with E-state index < -0.39 is 0 Å². The van der Waals surface area contributed by atoms with E-state index in [0.29, 0.717) is 11.8 Å². The second-order valence-electron chi connectivity index (χ2n) is 6.45. The largest absolute Gasteiger partial charge is 0.395 e. The van der Waals surface area contributed by atoms with E-state index in [2.05, 4.69) is 54.9 Å². The summed E-state index contributed by atoms with van der Waals surface area (Å²) in [6, 6.07) is 8.50. The maximum Gasteiger partial charge on any atom is 0.0540 e. The van der Waals surface area contributed by atoms with E-state index in [1.54, 1.807) is 0 Å². The van der Waals surface area contributed by atoms with Gasteiger partial charge in [-0.1, -0.05) is 37.8 Å². The van der Waals surface area contributed by atoms with E-state index in [0.717, 1.165) is 12.1 Å². The summed E-state index contributed by atoms with van der Waals surface area (Å²) in [6.45, 7) is 8.29. The molecule has 1 aliphatic rings. The molecule has 20 heavy (non-hydrogen) atoms. The van der Waals surface area contributed by atoms with Crippen molar-refractivity contribution in [2.75, 3.05) is 19.7 Å². The van der Waals surface area contributed by atoms with Crippen LogP contribution in [0.4, 0.5) is 0 Å². The molecule has 0 amide bonds. The van der Waals surface area contributed by atoms with Crippen molar-refractivity contribution in [3.63, 3.8) is 0 Å². The van der Waals surface area contributed by atoms with Crippen molar-refractivity contribution in [2.45, 2.75) is 39.7 Å². The Kier molecular flexibility index (Phi) is 5.23. The second-order valence-corrected chi connectivity index (χ2v) is 6.45. The molecule has 2 rings (SSSR count). The monoisotopic (exact) mass is 271 g/mol. The molecule has 0 radical (unpaired) electrons. The van der Waals surface area contributed by atoms with E-state index in [1.807, 2.05) is 0 Å². The Labute approximate surface area is 122 Å². The van der Waals surface area contributed by atoms with Gasteiger partial charge in [-0.15, -0.1) is 0 Å². The molecule has 0 bridgehead atoms. The predicted molar refractivity (Wildman–Crippen MR) is 83.3 cm³/mol. The smallest absolute Gasteiger partial charge is 0.0540 e.